The molecule has 0 fully saturated rings. The maximum atomic E-state index is 6.24. The van der Waals surface area contributed by atoms with Gasteiger partial charge in [0.15, 0.2) is 0 Å². The maximum absolute atomic E-state index is 6.24. The molecule has 1 aromatic heterocycles. The monoisotopic (exact) mass is 296 g/mol. The molecule has 3 aromatic rings. The second kappa shape index (κ2) is 5.74. The molecule has 0 amide bonds. The number of hydrogen-bond acceptors (Lipinski definition) is 2. The van der Waals surface area contributed by atoms with Crippen molar-refractivity contribution in [3.8, 4) is 0 Å². The van der Waals surface area contributed by atoms with Gasteiger partial charge < -0.3 is 5.32 Å². The third-order valence-electron chi connectivity index (χ3n) is 3.74. The summed E-state index contributed by atoms with van der Waals surface area (Å²) in [7, 11) is 0. The van der Waals surface area contributed by atoms with E-state index in [4.69, 9.17) is 11.6 Å². The topological polar surface area (TPSA) is 24.9 Å². The lowest BCUT2D eigenvalue weighted by Gasteiger charge is -2.19. The Labute approximate surface area is 129 Å². The van der Waals surface area contributed by atoms with E-state index >= 15 is 0 Å². The molecule has 1 heterocycles. The lowest BCUT2D eigenvalue weighted by molar-refractivity contribution is 0.875. The number of anilines is 1. The van der Waals surface area contributed by atoms with Gasteiger partial charge in [0.2, 0.25) is 0 Å². The Hall–Kier alpha value is -2.06. The molecule has 0 spiro atoms. The van der Waals surface area contributed by atoms with Gasteiger partial charge in [-0.2, -0.15) is 0 Å². The summed E-state index contributed by atoms with van der Waals surface area (Å²) in [5.74, 6) is 0. The Bertz CT molecular complexity index is 783. The van der Waals surface area contributed by atoms with E-state index in [1.54, 1.807) is 6.20 Å². The Balaban J connectivity index is 1.99. The minimum Gasteiger partial charge on any atom is -0.377 e. The number of aromatic nitrogens is 1. The van der Waals surface area contributed by atoms with E-state index in [2.05, 4.69) is 48.4 Å². The van der Waals surface area contributed by atoms with Gasteiger partial charge in [0.05, 0.1) is 16.2 Å². The van der Waals surface area contributed by atoms with Crippen LogP contribution in [-0.4, -0.2) is 4.98 Å². The molecule has 3 heteroatoms. The van der Waals surface area contributed by atoms with Crippen LogP contribution in [0.1, 0.15) is 24.1 Å². The van der Waals surface area contributed by atoms with Gasteiger partial charge >= 0.3 is 0 Å². The van der Waals surface area contributed by atoms with Crippen molar-refractivity contribution < 1.29 is 0 Å². The smallest absolute Gasteiger partial charge is 0.0948 e. The number of nitrogens with zero attached hydrogens (tertiary/aromatic N) is 1. The molecule has 3 rings (SSSR count). The summed E-state index contributed by atoms with van der Waals surface area (Å²) in [5, 5.41) is 5.25. The van der Waals surface area contributed by atoms with E-state index in [0.29, 0.717) is 0 Å². The summed E-state index contributed by atoms with van der Waals surface area (Å²) in [6, 6.07) is 16.4. The van der Waals surface area contributed by atoms with Gasteiger partial charge in [0, 0.05) is 17.6 Å². The van der Waals surface area contributed by atoms with Gasteiger partial charge in [0.1, 0.15) is 0 Å². The highest BCUT2D eigenvalue weighted by molar-refractivity contribution is 6.35. The van der Waals surface area contributed by atoms with E-state index in [9.17, 15) is 0 Å². The van der Waals surface area contributed by atoms with Gasteiger partial charge in [-0.3, -0.25) is 4.98 Å². The molecule has 2 aromatic carbocycles. The molecule has 0 saturated carbocycles. The summed E-state index contributed by atoms with van der Waals surface area (Å²) in [6.07, 6.45) is 1.79. The van der Waals surface area contributed by atoms with Crippen LogP contribution in [0.25, 0.3) is 10.9 Å². The predicted octanol–water partition coefficient (Wildman–Crippen LogP) is 5.37. The molecule has 0 aliphatic rings. The first-order chi connectivity index (χ1) is 10.2. The molecule has 1 atom stereocenters. The molecule has 0 radical (unpaired) electrons. The number of pyridine rings is 1. The molecule has 0 saturated heterocycles. The second-order valence-corrected chi connectivity index (χ2v) is 5.62. The average molecular weight is 297 g/mol. The number of hydrogen-bond donors (Lipinski definition) is 1. The van der Waals surface area contributed by atoms with Crippen LogP contribution in [0.2, 0.25) is 5.02 Å². The van der Waals surface area contributed by atoms with Gasteiger partial charge in [0.25, 0.3) is 0 Å². The zero-order valence-electron chi connectivity index (χ0n) is 12.1. The van der Waals surface area contributed by atoms with Crippen molar-refractivity contribution in [3.63, 3.8) is 0 Å². The first-order valence-electron chi connectivity index (χ1n) is 7.02. The van der Waals surface area contributed by atoms with Crippen LogP contribution in [-0.2, 0) is 0 Å². The Kier molecular flexibility index (Phi) is 3.80. The molecule has 21 heavy (non-hydrogen) atoms. The van der Waals surface area contributed by atoms with Crippen LogP contribution in [0.4, 0.5) is 5.69 Å². The number of rotatable bonds is 3. The zero-order chi connectivity index (χ0) is 14.8. The molecule has 0 bridgehead atoms. The Morgan fingerprint density at radius 2 is 1.86 bits per heavy atom. The quantitative estimate of drug-likeness (QED) is 0.703. The average Bonchev–Trinajstić information content (AvgIpc) is 2.51. The molecule has 106 valence electrons. The van der Waals surface area contributed by atoms with Gasteiger partial charge in [-0.15, -0.1) is 0 Å². The minimum absolute atomic E-state index is 0.206. The number of benzene rings is 2. The molecule has 0 aliphatic carbocycles. The van der Waals surface area contributed by atoms with Crippen LogP contribution in [0, 0.1) is 6.92 Å². The Morgan fingerprint density at radius 3 is 2.67 bits per heavy atom. The Morgan fingerprint density at radius 1 is 1.05 bits per heavy atom. The zero-order valence-corrected chi connectivity index (χ0v) is 12.9. The van der Waals surface area contributed by atoms with Gasteiger partial charge in [-0.1, -0.05) is 35.9 Å². The van der Waals surface area contributed by atoms with Crippen molar-refractivity contribution in [1.82, 2.24) is 4.98 Å². The molecular weight excluding hydrogens is 280 g/mol. The van der Waals surface area contributed by atoms with Crippen molar-refractivity contribution in [3.05, 3.63) is 70.9 Å². The van der Waals surface area contributed by atoms with E-state index < -0.39 is 0 Å². The van der Waals surface area contributed by atoms with Crippen LogP contribution >= 0.6 is 11.6 Å². The summed E-state index contributed by atoms with van der Waals surface area (Å²) < 4.78 is 0. The lowest BCUT2D eigenvalue weighted by Crippen LogP contribution is -2.08. The van der Waals surface area contributed by atoms with Crippen LogP contribution < -0.4 is 5.32 Å². The predicted molar refractivity (Wildman–Crippen MR) is 90.0 cm³/mol. The van der Waals surface area contributed by atoms with Crippen molar-refractivity contribution >= 4 is 28.2 Å². The SMILES string of the molecule is Cc1ccccc1C(C)Nc1ccc(Cl)c2cccnc12. The number of aryl methyl sites for hydroxylation is 1. The standard InChI is InChI=1S/C18H17ClN2/c1-12-6-3-4-7-14(12)13(2)21-17-10-9-16(19)15-8-5-11-20-18(15)17/h3-11,13,21H,1-2H3. The fraction of sp³-hybridized carbons (Fsp3) is 0.167. The number of halogens is 1. The highest BCUT2D eigenvalue weighted by Crippen LogP contribution is 2.30. The maximum Gasteiger partial charge on any atom is 0.0948 e. The van der Waals surface area contributed by atoms with Crippen LogP contribution in [0.15, 0.2) is 54.7 Å². The number of fused-ring (bicyclic) bond motifs is 1. The molecule has 0 aliphatic heterocycles. The van der Waals surface area contributed by atoms with Crippen molar-refractivity contribution in [2.24, 2.45) is 0 Å². The van der Waals surface area contributed by atoms with Crippen molar-refractivity contribution in [1.29, 1.82) is 0 Å². The van der Waals surface area contributed by atoms with Crippen LogP contribution in [0.3, 0.4) is 0 Å². The third-order valence-corrected chi connectivity index (χ3v) is 4.07. The first-order valence-corrected chi connectivity index (χ1v) is 7.40. The normalized spacial score (nSPS) is 12.3. The van der Waals surface area contributed by atoms with Crippen LogP contribution in [0.5, 0.6) is 0 Å². The van der Waals surface area contributed by atoms with Gasteiger partial charge in [-0.05, 0) is 49.2 Å². The largest absolute Gasteiger partial charge is 0.377 e. The molecular formula is C18H17ClN2. The summed E-state index contributed by atoms with van der Waals surface area (Å²) in [5.41, 5.74) is 4.48. The summed E-state index contributed by atoms with van der Waals surface area (Å²) in [6.45, 7) is 4.29. The van der Waals surface area contributed by atoms with E-state index in [0.717, 1.165) is 21.6 Å². The number of nitrogens with one attached hydrogen (secondary N) is 1. The fourth-order valence-corrected chi connectivity index (χ4v) is 2.85. The van der Waals surface area contributed by atoms with E-state index in [1.165, 1.54) is 11.1 Å². The first kappa shape index (κ1) is 13.9. The highest BCUT2D eigenvalue weighted by atomic mass is 35.5. The van der Waals surface area contributed by atoms with E-state index in [-0.39, 0.29) is 6.04 Å². The molecule has 1 N–H and O–H groups in total. The molecule has 1 unspecified atom stereocenters. The molecule has 2 nitrogen and oxygen atoms in total. The summed E-state index contributed by atoms with van der Waals surface area (Å²) in [4.78, 5) is 4.46. The third kappa shape index (κ3) is 2.72. The lowest BCUT2D eigenvalue weighted by atomic mass is 10.0. The van der Waals surface area contributed by atoms with Gasteiger partial charge in [-0.25, -0.2) is 0 Å². The summed E-state index contributed by atoms with van der Waals surface area (Å²) >= 11 is 6.24. The minimum atomic E-state index is 0.206. The van der Waals surface area contributed by atoms with E-state index in [1.807, 2.05) is 24.3 Å². The fourth-order valence-electron chi connectivity index (χ4n) is 2.64. The van der Waals surface area contributed by atoms with Crippen molar-refractivity contribution in [2.75, 3.05) is 5.32 Å². The second-order valence-electron chi connectivity index (χ2n) is 5.22. The van der Waals surface area contributed by atoms with Crippen molar-refractivity contribution in [2.45, 2.75) is 19.9 Å². The highest BCUT2D eigenvalue weighted by Gasteiger charge is 2.11.